The van der Waals surface area contributed by atoms with Gasteiger partial charge in [-0.25, -0.2) is 0 Å². The molecule has 1 fully saturated rings. The van der Waals surface area contributed by atoms with E-state index in [1.165, 1.54) is 30.5 Å². The first-order chi connectivity index (χ1) is 11.7. The predicted molar refractivity (Wildman–Crippen MR) is 93.8 cm³/mol. The highest BCUT2D eigenvalue weighted by Gasteiger charge is 2.53. The Labute approximate surface area is 144 Å². The first-order valence-electron chi connectivity index (χ1n) is 8.94. The lowest BCUT2D eigenvalue weighted by atomic mass is 9.70. The number of rotatable bonds is 3. The summed E-state index contributed by atoms with van der Waals surface area (Å²) >= 11 is 0. The normalized spacial score (nSPS) is 31.8. The van der Waals surface area contributed by atoms with Crippen molar-refractivity contribution in [2.45, 2.75) is 37.3 Å². The van der Waals surface area contributed by atoms with Gasteiger partial charge in [0.2, 0.25) is 0 Å². The van der Waals surface area contributed by atoms with Crippen LogP contribution >= 0.6 is 0 Å². The molecule has 1 aromatic carbocycles. The molecule has 2 heterocycles. The van der Waals surface area contributed by atoms with Crippen LogP contribution in [0.3, 0.4) is 0 Å². The van der Waals surface area contributed by atoms with Crippen molar-refractivity contribution < 1.29 is 14.2 Å². The lowest BCUT2D eigenvalue weighted by Crippen LogP contribution is -2.48. The third-order valence-electron chi connectivity index (χ3n) is 6.21. The van der Waals surface area contributed by atoms with Crippen LogP contribution in [0.4, 0.5) is 0 Å². The highest BCUT2D eigenvalue weighted by molar-refractivity contribution is 5.52. The quantitative estimate of drug-likeness (QED) is 0.797. The summed E-state index contributed by atoms with van der Waals surface area (Å²) in [6.45, 7) is 2.32. The van der Waals surface area contributed by atoms with Gasteiger partial charge >= 0.3 is 0 Å². The second-order valence-electron chi connectivity index (χ2n) is 7.14. The summed E-state index contributed by atoms with van der Waals surface area (Å²) in [7, 11) is 5.26. The zero-order valence-corrected chi connectivity index (χ0v) is 14.9. The van der Waals surface area contributed by atoms with E-state index in [9.17, 15) is 0 Å². The fourth-order valence-electron chi connectivity index (χ4n) is 5.08. The fraction of sp³-hybridized carbons (Fsp3) is 0.600. The molecule has 3 aliphatic rings. The lowest BCUT2D eigenvalue weighted by molar-refractivity contribution is 0.0286. The number of aryl methyl sites for hydroxylation is 1. The Bertz CT molecular complexity index is 657. The van der Waals surface area contributed by atoms with Crippen LogP contribution in [-0.2, 0) is 16.7 Å². The van der Waals surface area contributed by atoms with Crippen LogP contribution in [0.25, 0.3) is 0 Å². The number of benzene rings is 1. The number of hydrogen-bond acceptors (Lipinski definition) is 4. The first kappa shape index (κ1) is 16.0. The third kappa shape index (κ3) is 2.20. The maximum absolute atomic E-state index is 5.73. The average Bonchev–Trinajstić information content (AvgIpc) is 2.92. The molecule has 0 saturated carbocycles. The number of nitrogens with zero attached hydrogens (tertiary/aromatic N) is 1. The van der Waals surface area contributed by atoms with Crippen molar-refractivity contribution in [3.05, 3.63) is 35.4 Å². The van der Waals surface area contributed by atoms with Gasteiger partial charge < -0.3 is 14.2 Å². The van der Waals surface area contributed by atoms with Crippen LogP contribution in [0.2, 0.25) is 0 Å². The molecule has 2 aliphatic heterocycles. The molecular formula is C20H27NO3. The van der Waals surface area contributed by atoms with Gasteiger partial charge in [0.05, 0.1) is 25.9 Å². The molecule has 1 saturated heterocycles. The van der Waals surface area contributed by atoms with Gasteiger partial charge in [-0.1, -0.05) is 12.2 Å². The molecule has 0 N–H and O–H groups in total. The predicted octanol–water partition coefficient (Wildman–Crippen LogP) is 3.14. The summed E-state index contributed by atoms with van der Waals surface area (Å²) in [6, 6.07) is 4.43. The number of methoxy groups -OCH3 is 3. The molecule has 24 heavy (non-hydrogen) atoms. The molecule has 0 aromatic heterocycles. The molecule has 1 aliphatic carbocycles. The molecule has 4 heteroatoms. The minimum absolute atomic E-state index is 0.0425. The van der Waals surface area contributed by atoms with E-state index in [0.717, 1.165) is 30.9 Å². The molecule has 1 aromatic rings. The Balaban J connectivity index is 1.91. The number of ether oxygens (including phenoxy) is 3. The van der Waals surface area contributed by atoms with E-state index in [4.69, 9.17) is 14.2 Å². The second-order valence-corrected chi connectivity index (χ2v) is 7.14. The van der Waals surface area contributed by atoms with Gasteiger partial charge in [-0.05, 0) is 55.6 Å². The fourth-order valence-corrected chi connectivity index (χ4v) is 5.08. The summed E-state index contributed by atoms with van der Waals surface area (Å²) in [4.78, 5) is 2.70. The zero-order chi connectivity index (χ0) is 16.7. The van der Waals surface area contributed by atoms with Crippen LogP contribution < -0.4 is 9.47 Å². The number of fused-ring (bicyclic) bond motifs is 1. The van der Waals surface area contributed by atoms with Crippen molar-refractivity contribution in [1.29, 1.82) is 0 Å². The molecule has 1 spiro atoms. The maximum Gasteiger partial charge on any atom is 0.161 e. The Morgan fingerprint density at radius 2 is 1.83 bits per heavy atom. The van der Waals surface area contributed by atoms with Crippen molar-refractivity contribution in [1.82, 2.24) is 4.90 Å². The SMILES string of the molecule is COc1cc2c(cc1OC)[C@]13C[C@@H](OC)C=C[C@@H]1CCN3CCC2. The Kier molecular flexibility index (Phi) is 4.05. The van der Waals surface area contributed by atoms with Gasteiger partial charge in [0.15, 0.2) is 11.5 Å². The van der Waals surface area contributed by atoms with E-state index in [1.807, 2.05) is 7.11 Å². The van der Waals surface area contributed by atoms with Crippen LogP contribution in [-0.4, -0.2) is 45.4 Å². The van der Waals surface area contributed by atoms with E-state index in [-0.39, 0.29) is 11.6 Å². The first-order valence-corrected chi connectivity index (χ1v) is 8.94. The summed E-state index contributed by atoms with van der Waals surface area (Å²) in [5.74, 6) is 2.23. The Morgan fingerprint density at radius 1 is 1.04 bits per heavy atom. The second kappa shape index (κ2) is 6.08. The van der Waals surface area contributed by atoms with Gasteiger partial charge in [0.1, 0.15) is 0 Å². The topological polar surface area (TPSA) is 30.9 Å². The van der Waals surface area contributed by atoms with Crippen molar-refractivity contribution in [3.63, 3.8) is 0 Å². The Hall–Kier alpha value is -1.52. The van der Waals surface area contributed by atoms with Gasteiger partial charge in [-0.3, -0.25) is 4.90 Å². The molecule has 0 amide bonds. The summed E-state index contributed by atoms with van der Waals surface area (Å²) < 4.78 is 16.9. The van der Waals surface area contributed by atoms with Crippen molar-refractivity contribution in [2.75, 3.05) is 34.4 Å². The van der Waals surface area contributed by atoms with Crippen LogP contribution in [0.5, 0.6) is 11.5 Å². The molecular weight excluding hydrogens is 302 g/mol. The van der Waals surface area contributed by atoms with Crippen molar-refractivity contribution in [3.8, 4) is 11.5 Å². The molecule has 0 unspecified atom stereocenters. The molecule has 0 bridgehead atoms. The van der Waals surface area contributed by atoms with E-state index in [0.29, 0.717) is 5.92 Å². The molecule has 3 atom stereocenters. The largest absolute Gasteiger partial charge is 0.493 e. The zero-order valence-electron chi connectivity index (χ0n) is 14.9. The minimum Gasteiger partial charge on any atom is -0.493 e. The smallest absolute Gasteiger partial charge is 0.161 e. The van der Waals surface area contributed by atoms with E-state index in [1.54, 1.807) is 14.2 Å². The summed E-state index contributed by atoms with van der Waals surface area (Å²) in [6.07, 6.45) is 9.36. The molecule has 4 rings (SSSR count). The minimum atomic E-state index is 0.0425. The maximum atomic E-state index is 5.73. The molecule has 130 valence electrons. The van der Waals surface area contributed by atoms with Crippen molar-refractivity contribution >= 4 is 0 Å². The van der Waals surface area contributed by atoms with Gasteiger partial charge in [-0.2, -0.15) is 0 Å². The van der Waals surface area contributed by atoms with Crippen LogP contribution in [0.15, 0.2) is 24.3 Å². The highest BCUT2D eigenvalue weighted by atomic mass is 16.5. The summed E-state index contributed by atoms with van der Waals surface area (Å²) in [5.41, 5.74) is 2.87. The standard InChI is InChI=1S/C20H27NO3/c1-22-16-7-6-15-8-10-21-9-4-5-14-11-18(23-2)19(24-3)12-17(14)20(15,21)13-16/h6-7,11-12,15-16H,4-5,8-10,13H2,1-3H3/t15-,16+,20+/m1/s1. The van der Waals surface area contributed by atoms with Gasteiger partial charge in [-0.15, -0.1) is 0 Å². The molecule has 0 radical (unpaired) electrons. The number of hydrogen-bond donors (Lipinski definition) is 0. The average molecular weight is 329 g/mol. The van der Waals surface area contributed by atoms with Crippen LogP contribution in [0, 0.1) is 5.92 Å². The van der Waals surface area contributed by atoms with E-state index in [2.05, 4.69) is 29.2 Å². The highest BCUT2D eigenvalue weighted by Crippen LogP contribution is 2.53. The van der Waals surface area contributed by atoms with Gasteiger partial charge in [0.25, 0.3) is 0 Å². The van der Waals surface area contributed by atoms with Crippen LogP contribution in [0.1, 0.15) is 30.4 Å². The van der Waals surface area contributed by atoms with Gasteiger partial charge in [0, 0.05) is 19.4 Å². The lowest BCUT2D eigenvalue weighted by Gasteiger charge is -2.46. The third-order valence-corrected chi connectivity index (χ3v) is 6.21. The van der Waals surface area contributed by atoms with E-state index < -0.39 is 0 Å². The molecule has 4 nitrogen and oxygen atoms in total. The van der Waals surface area contributed by atoms with E-state index >= 15 is 0 Å². The Morgan fingerprint density at radius 3 is 2.58 bits per heavy atom. The summed E-state index contributed by atoms with van der Waals surface area (Å²) in [5, 5.41) is 0. The van der Waals surface area contributed by atoms with Crippen molar-refractivity contribution in [2.24, 2.45) is 5.92 Å². The monoisotopic (exact) mass is 329 g/mol.